The van der Waals surface area contributed by atoms with Gasteiger partial charge in [-0.05, 0) is 69.5 Å². The van der Waals surface area contributed by atoms with Crippen LogP contribution in [0, 0.1) is 34.6 Å². The van der Waals surface area contributed by atoms with Crippen LogP contribution in [-0.2, 0) is 0 Å². The summed E-state index contributed by atoms with van der Waals surface area (Å²) in [6.07, 6.45) is 1.74. The van der Waals surface area contributed by atoms with Gasteiger partial charge in [-0.25, -0.2) is 10.1 Å². The predicted molar refractivity (Wildman–Crippen MR) is 98.3 cm³/mol. The third-order valence-electron chi connectivity index (χ3n) is 4.51. The molecule has 0 saturated carbocycles. The van der Waals surface area contributed by atoms with Crippen LogP contribution in [0.1, 0.15) is 27.9 Å². The third kappa shape index (κ3) is 3.18. The number of aromatic nitrogens is 3. The summed E-state index contributed by atoms with van der Waals surface area (Å²) in [4.78, 5) is 16.2. The van der Waals surface area contributed by atoms with Crippen molar-refractivity contribution in [2.75, 3.05) is 0 Å². The van der Waals surface area contributed by atoms with E-state index in [4.69, 9.17) is 4.74 Å². The first-order valence-electron chi connectivity index (χ1n) is 8.15. The number of hydrogen-bond acceptors (Lipinski definition) is 4. The molecule has 5 nitrogen and oxygen atoms in total. The summed E-state index contributed by atoms with van der Waals surface area (Å²) in [6.45, 7) is 9.73. The van der Waals surface area contributed by atoms with Crippen molar-refractivity contribution in [3.63, 3.8) is 0 Å². The maximum atomic E-state index is 11.9. The second-order valence-corrected chi connectivity index (χ2v) is 6.27. The maximum Gasteiger partial charge on any atom is 0.267 e. The molecule has 3 rings (SSSR count). The van der Waals surface area contributed by atoms with Crippen LogP contribution in [-0.4, -0.2) is 15.2 Å². The number of nitrogens with one attached hydrogen (secondary N) is 1. The SMILES string of the molecule is Cc1cc(Oc2nccc(C)c2C)ccc1-c1c(C)n[nH]c(=O)c1C. The molecule has 5 heteroatoms. The average molecular weight is 335 g/mol. The monoisotopic (exact) mass is 335 g/mol. The lowest BCUT2D eigenvalue weighted by Crippen LogP contribution is -2.14. The highest BCUT2D eigenvalue weighted by molar-refractivity contribution is 5.72. The Labute approximate surface area is 146 Å². The van der Waals surface area contributed by atoms with E-state index in [2.05, 4.69) is 15.2 Å². The maximum absolute atomic E-state index is 11.9. The first-order valence-corrected chi connectivity index (χ1v) is 8.15. The van der Waals surface area contributed by atoms with Crippen LogP contribution in [0.4, 0.5) is 0 Å². The van der Waals surface area contributed by atoms with Gasteiger partial charge in [-0.15, -0.1) is 0 Å². The molecule has 0 amide bonds. The summed E-state index contributed by atoms with van der Waals surface area (Å²) < 4.78 is 5.95. The molecule has 1 N–H and O–H groups in total. The van der Waals surface area contributed by atoms with Crippen molar-refractivity contribution in [3.05, 3.63) is 68.8 Å². The van der Waals surface area contributed by atoms with Gasteiger partial charge < -0.3 is 4.74 Å². The van der Waals surface area contributed by atoms with Gasteiger partial charge in [0.2, 0.25) is 5.88 Å². The Morgan fingerprint density at radius 2 is 1.72 bits per heavy atom. The van der Waals surface area contributed by atoms with Crippen molar-refractivity contribution in [2.24, 2.45) is 0 Å². The molecule has 0 aliphatic heterocycles. The van der Waals surface area contributed by atoms with Gasteiger partial charge >= 0.3 is 0 Å². The quantitative estimate of drug-likeness (QED) is 0.780. The lowest BCUT2D eigenvalue weighted by molar-refractivity contribution is 0.458. The van der Waals surface area contributed by atoms with Crippen molar-refractivity contribution in [3.8, 4) is 22.8 Å². The van der Waals surface area contributed by atoms with E-state index in [-0.39, 0.29) is 5.56 Å². The van der Waals surface area contributed by atoms with E-state index in [1.807, 2.05) is 58.9 Å². The fourth-order valence-corrected chi connectivity index (χ4v) is 2.86. The van der Waals surface area contributed by atoms with Gasteiger partial charge in [0, 0.05) is 22.9 Å². The van der Waals surface area contributed by atoms with Gasteiger partial charge in [-0.3, -0.25) is 4.79 Å². The van der Waals surface area contributed by atoms with Gasteiger partial charge in [0.05, 0.1) is 5.69 Å². The summed E-state index contributed by atoms with van der Waals surface area (Å²) in [6, 6.07) is 7.78. The van der Waals surface area contributed by atoms with E-state index in [9.17, 15) is 4.79 Å². The smallest absolute Gasteiger partial charge is 0.267 e. The van der Waals surface area contributed by atoms with Gasteiger partial charge in [0.25, 0.3) is 5.56 Å². The predicted octanol–water partition coefficient (Wildman–Crippen LogP) is 4.17. The van der Waals surface area contributed by atoms with Gasteiger partial charge in [0.15, 0.2) is 0 Å². The van der Waals surface area contributed by atoms with E-state index in [1.165, 1.54) is 0 Å². The van der Waals surface area contributed by atoms with Crippen molar-refractivity contribution < 1.29 is 4.74 Å². The van der Waals surface area contributed by atoms with Gasteiger partial charge in [-0.2, -0.15) is 5.10 Å². The molecule has 0 atom stereocenters. The highest BCUT2D eigenvalue weighted by Gasteiger charge is 2.13. The number of nitrogens with zero attached hydrogens (tertiary/aromatic N) is 2. The molecule has 0 saturated heterocycles. The molecule has 0 spiro atoms. The van der Waals surface area contributed by atoms with Crippen LogP contribution in [0.25, 0.3) is 11.1 Å². The minimum Gasteiger partial charge on any atom is -0.439 e. The number of benzene rings is 1. The summed E-state index contributed by atoms with van der Waals surface area (Å²) in [5.74, 6) is 1.33. The number of ether oxygens (including phenoxy) is 1. The second kappa shape index (κ2) is 6.51. The number of aryl methyl sites for hydroxylation is 3. The topological polar surface area (TPSA) is 67.9 Å². The largest absolute Gasteiger partial charge is 0.439 e. The summed E-state index contributed by atoms with van der Waals surface area (Å²) in [7, 11) is 0. The summed E-state index contributed by atoms with van der Waals surface area (Å²) >= 11 is 0. The van der Waals surface area contributed by atoms with Crippen LogP contribution >= 0.6 is 0 Å². The number of rotatable bonds is 3. The van der Waals surface area contributed by atoms with Crippen molar-refractivity contribution in [2.45, 2.75) is 34.6 Å². The molecule has 128 valence electrons. The van der Waals surface area contributed by atoms with Crippen LogP contribution < -0.4 is 10.3 Å². The minimum atomic E-state index is -0.167. The molecule has 0 aliphatic carbocycles. The normalized spacial score (nSPS) is 10.8. The van der Waals surface area contributed by atoms with Crippen LogP contribution in [0.5, 0.6) is 11.6 Å². The summed E-state index contributed by atoms with van der Waals surface area (Å²) in [5, 5.41) is 6.60. The highest BCUT2D eigenvalue weighted by Crippen LogP contribution is 2.32. The lowest BCUT2D eigenvalue weighted by atomic mass is 9.96. The highest BCUT2D eigenvalue weighted by atomic mass is 16.5. The molecule has 3 aromatic rings. The Bertz CT molecular complexity index is 1010. The number of H-pyrrole nitrogens is 1. The molecule has 25 heavy (non-hydrogen) atoms. The van der Waals surface area contributed by atoms with Crippen molar-refractivity contribution in [1.82, 2.24) is 15.2 Å². The third-order valence-corrected chi connectivity index (χ3v) is 4.51. The molecule has 0 bridgehead atoms. The Balaban J connectivity index is 2.01. The summed E-state index contributed by atoms with van der Waals surface area (Å²) in [5.41, 5.74) is 6.33. The fraction of sp³-hybridized carbons (Fsp3) is 0.250. The number of hydrogen-bond donors (Lipinski definition) is 1. The molecule has 0 fully saturated rings. The van der Waals surface area contributed by atoms with Crippen LogP contribution in [0.15, 0.2) is 35.3 Å². The van der Waals surface area contributed by atoms with Crippen LogP contribution in [0.2, 0.25) is 0 Å². The number of pyridine rings is 1. The first-order chi connectivity index (χ1) is 11.9. The minimum absolute atomic E-state index is 0.167. The van der Waals surface area contributed by atoms with E-state index >= 15 is 0 Å². The number of aromatic amines is 1. The average Bonchev–Trinajstić information content (AvgIpc) is 2.57. The Morgan fingerprint density at radius 3 is 2.44 bits per heavy atom. The van der Waals surface area contributed by atoms with Gasteiger partial charge in [-0.1, -0.05) is 6.07 Å². The Morgan fingerprint density at radius 1 is 0.960 bits per heavy atom. The molecule has 2 aromatic heterocycles. The molecule has 0 aliphatic rings. The zero-order valence-corrected chi connectivity index (χ0v) is 15.1. The van der Waals surface area contributed by atoms with E-state index in [0.29, 0.717) is 11.4 Å². The Kier molecular flexibility index (Phi) is 4.40. The second-order valence-electron chi connectivity index (χ2n) is 6.27. The fourth-order valence-electron chi connectivity index (χ4n) is 2.86. The zero-order chi connectivity index (χ0) is 18.1. The standard InChI is InChI=1S/C20H21N3O2/c1-11-8-9-21-20(13(11)3)25-16-6-7-17(12(2)10-16)18-14(4)19(24)23-22-15(18)5/h6-10H,1-5H3,(H,23,24). The van der Waals surface area contributed by atoms with Crippen LogP contribution in [0.3, 0.4) is 0 Å². The molecule has 2 heterocycles. The first kappa shape index (κ1) is 16.9. The molecular weight excluding hydrogens is 314 g/mol. The van der Waals surface area contributed by atoms with Crippen molar-refractivity contribution in [1.29, 1.82) is 0 Å². The van der Waals surface area contributed by atoms with E-state index < -0.39 is 0 Å². The van der Waals surface area contributed by atoms with E-state index in [1.54, 1.807) is 6.20 Å². The van der Waals surface area contributed by atoms with Crippen molar-refractivity contribution >= 4 is 0 Å². The van der Waals surface area contributed by atoms with E-state index in [0.717, 1.165) is 39.3 Å². The molecule has 1 aromatic carbocycles. The molecule has 0 unspecified atom stereocenters. The zero-order valence-electron chi connectivity index (χ0n) is 15.1. The molecular formula is C20H21N3O2. The Hall–Kier alpha value is -2.95. The molecule has 0 radical (unpaired) electrons. The van der Waals surface area contributed by atoms with Gasteiger partial charge in [0.1, 0.15) is 5.75 Å². The lowest BCUT2D eigenvalue weighted by Gasteiger charge is -2.14.